The molecule has 2 amide bonds. The van der Waals surface area contributed by atoms with E-state index in [0.29, 0.717) is 31.2 Å². The second-order valence-corrected chi connectivity index (χ2v) is 7.35. The first kappa shape index (κ1) is 21.1. The molecule has 0 aliphatic carbocycles. The summed E-state index contributed by atoms with van der Waals surface area (Å²) in [7, 11) is 1.35. The molecule has 0 spiro atoms. The molecule has 1 heterocycles. The van der Waals surface area contributed by atoms with Crippen LogP contribution in [0.15, 0.2) is 42.5 Å². The highest BCUT2D eigenvalue weighted by Gasteiger charge is 2.32. The summed E-state index contributed by atoms with van der Waals surface area (Å²) in [5.41, 5.74) is 1.67. The van der Waals surface area contributed by atoms with Crippen LogP contribution in [0.1, 0.15) is 17.2 Å². The molecule has 0 aromatic heterocycles. The summed E-state index contributed by atoms with van der Waals surface area (Å²) in [4.78, 5) is 28.5. The van der Waals surface area contributed by atoms with Crippen LogP contribution in [-0.2, 0) is 9.53 Å². The third-order valence-electron chi connectivity index (χ3n) is 4.92. The number of hydrogen-bond donors (Lipinski definition) is 1. The molecule has 154 valence electrons. The number of piperazine rings is 1. The summed E-state index contributed by atoms with van der Waals surface area (Å²) < 4.78 is 19.0. The maximum Gasteiger partial charge on any atom is 0.327 e. The Morgan fingerprint density at radius 3 is 2.48 bits per heavy atom. The summed E-state index contributed by atoms with van der Waals surface area (Å²) in [6, 6.07) is 10.8. The number of hydrogen-bond acceptors (Lipinski definition) is 4. The Bertz CT molecular complexity index is 900. The average molecular weight is 420 g/mol. The number of halogens is 2. The summed E-state index contributed by atoms with van der Waals surface area (Å²) in [6.07, 6.45) is 0. The van der Waals surface area contributed by atoms with Gasteiger partial charge < -0.3 is 15.0 Å². The van der Waals surface area contributed by atoms with Crippen molar-refractivity contribution in [1.29, 1.82) is 0 Å². The van der Waals surface area contributed by atoms with Crippen LogP contribution in [0.3, 0.4) is 0 Å². The Morgan fingerprint density at radius 2 is 1.86 bits per heavy atom. The van der Waals surface area contributed by atoms with Crippen LogP contribution in [0.2, 0.25) is 5.02 Å². The molecule has 1 aliphatic heterocycles. The highest BCUT2D eigenvalue weighted by Crippen LogP contribution is 2.26. The first-order chi connectivity index (χ1) is 13.9. The third-order valence-corrected chi connectivity index (χ3v) is 5.16. The molecular weight excluding hydrogens is 397 g/mol. The number of esters is 1. The zero-order valence-corrected chi connectivity index (χ0v) is 17.1. The average Bonchev–Trinajstić information content (AvgIpc) is 2.70. The van der Waals surface area contributed by atoms with Crippen molar-refractivity contribution in [2.24, 2.45) is 0 Å². The minimum Gasteiger partial charge on any atom is -0.468 e. The summed E-state index contributed by atoms with van der Waals surface area (Å²) in [6.45, 7) is 3.51. The number of rotatable bonds is 4. The maximum atomic E-state index is 14.0. The molecule has 6 nitrogen and oxygen atoms in total. The van der Waals surface area contributed by atoms with E-state index >= 15 is 0 Å². The van der Waals surface area contributed by atoms with Gasteiger partial charge in [-0.25, -0.2) is 14.0 Å². The van der Waals surface area contributed by atoms with Crippen LogP contribution in [0.25, 0.3) is 0 Å². The lowest BCUT2D eigenvalue weighted by Crippen LogP contribution is -2.52. The van der Waals surface area contributed by atoms with Crippen molar-refractivity contribution in [1.82, 2.24) is 9.80 Å². The Balaban J connectivity index is 1.66. The number of nitrogens with zero attached hydrogens (tertiary/aromatic N) is 2. The fraction of sp³-hybridized carbons (Fsp3) is 0.333. The van der Waals surface area contributed by atoms with Crippen LogP contribution in [0.4, 0.5) is 14.9 Å². The number of anilines is 1. The van der Waals surface area contributed by atoms with Gasteiger partial charge >= 0.3 is 12.0 Å². The van der Waals surface area contributed by atoms with Crippen molar-refractivity contribution in [2.45, 2.75) is 13.0 Å². The zero-order chi connectivity index (χ0) is 21.0. The molecule has 1 N–H and O–H groups in total. The van der Waals surface area contributed by atoms with Crippen molar-refractivity contribution < 1.29 is 18.7 Å². The number of urea groups is 1. The molecule has 0 radical (unpaired) electrons. The van der Waals surface area contributed by atoms with Gasteiger partial charge in [-0.1, -0.05) is 29.8 Å². The van der Waals surface area contributed by atoms with E-state index in [0.717, 1.165) is 11.1 Å². The van der Waals surface area contributed by atoms with Gasteiger partial charge in [0.05, 0.1) is 12.8 Å². The van der Waals surface area contributed by atoms with Crippen molar-refractivity contribution in [3.05, 3.63) is 64.4 Å². The number of benzene rings is 2. The molecule has 0 unspecified atom stereocenters. The molecule has 0 bridgehead atoms. The van der Waals surface area contributed by atoms with Crippen molar-refractivity contribution in [2.75, 3.05) is 38.6 Å². The summed E-state index contributed by atoms with van der Waals surface area (Å²) >= 11 is 6.08. The smallest absolute Gasteiger partial charge is 0.327 e. The Kier molecular flexibility index (Phi) is 6.71. The van der Waals surface area contributed by atoms with E-state index in [4.69, 9.17) is 16.3 Å². The number of nitrogens with one attached hydrogen (secondary N) is 1. The quantitative estimate of drug-likeness (QED) is 0.764. The normalized spacial score (nSPS) is 15.7. The summed E-state index contributed by atoms with van der Waals surface area (Å²) in [5, 5.41) is 3.15. The van der Waals surface area contributed by atoms with Crippen LogP contribution in [-0.4, -0.2) is 55.1 Å². The second kappa shape index (κ2) is 9.24. The maximum absolute atomic E-state index is 14.0. The zero-order valence-electron chi connectivity index (χ0n) is 16.3. The van der Waals surface area contributed by atoms with Crippen LogP contribution >= 0.6 is 11.6 Å². The fourth-order valence-corrected chi connectivity index (χ4v) is 3.58. The van der Waals surface area contributed by atoms with Crippen LogP contribution in [0, 0.1) is 12.7 Å². The van der Waals surface area contributed by atoms with Gasteiger partial charge in [-0.15, -0.1) is 0 Å². The Morgan fingerprint density at radius 1 is 1.14 bits per heavy atom. The lowest BCUT2D eigenvalue weighted by Gasteiger charge is -2.38. The molecule has 0 saturated carbocycles. The number of aryl methyl sites for hydroxylation is 1. The molecule has 1 fully saturated rings. The monoisotopic (exact) mass is 419 g/mol. The van der Waals surface area contributed by atoms with E-state index < -0.39 is 11.9 Å². The van der Waals surface area contributed by atoms with Gasteiger partial charge in [-0.05, 0) is 42.3 Å². The Labute approximate surface area is 174 Å². The molecule has 2 aromatic carbocycles. The van der Waals surface area contributed by atoms with Gasteiger partial charge in [0.2, 0.25) is 0 Å². The number of carbonyl (C=O) groups excluding carboxylic acids is 2. The Hall–Kier alpha value is -2.64. The number of ether oxygens (including phenoxy) is 1. The number of methoxy groups -OCH3 is 1. The molecule has 2 aromatic rings. The van der Waals surface area contributed by atoms with E-state index in [-0.39, 0.29) is 17.7 Å². The standard InChI is InChI=1S/C21H23ClFN3O3/c1-14-6-7-18(17(23)12-14)24-21(28)26-10-8-25(9-11-26)19(20(27)29-2)15-4-3-5-16(22)13-15/h3-7,12-13,19H,8-11H2,1-2H3,(H,24,28)/t19-/m1/s1. The predicted molar refractivity (Wildman–Crippen MR) is 110 cm³/mol. The first-order valence-corrected chi connectivity index (χ1v) is 9.66. The van der Waals surface area contributed by atoms with Crippen molar-refractivity contribution in [3.63, 3.8) is 0 Å². The van der Waals surface area contributed by atoms with Crippen LogP contribution in [0.5, 0.6) is 0 Å². The van der Waals surface area contributed by atoms with E-state index in [1.165, 1.54) is 13.2 Å². The van der Waals surface area contributed by atoms with Gasteiger partial charge in [0.15, 0.2) is 0 Å². The second-order valence-electron chi connectivity index (χ2n) is 6.92. The van der Waals surface area contributed by atoms with E-state index in [1.54, 1.807) is 42.2 Å². The number of carbonyl (C=O) groups is 2. The van der Waals surface area contributed by atoms with Crippen molar-refractivity contribution in [3.8, 4) is 0 Å². The topological polar surface area (TPSA) is 61.9 Å². The SMILES string of the molecule is COC(=O)[C@@H](c1cccc(Cl)c1)N1CCN(C(=O)Nc2ccc(C)cc2F)CC1. The van der Waals surface area contributed by atoms with Gasteiger partial charge in [-0.2, -0.15) is 0 Å². The first-order valence-electron chi connectivity index (χ1n) is 9.28. The molecule has 1 saturated heterocycles. The molecule has 1 atom stereocenters. The van der Waals surface area contributed by atoms with Gasteiger partial charge in [-0.3, -0.25) is 4.90 Å². The highest BCUT2D eigenvalue weighted by molar-refractivity contribution is 6.30. The van der Waals surface area contributed by atoms with Crippen molar-refractivity contribution >= 4 is 29.3 Å². The largest absolute Gasteiger partial charge is 0.468 e. The molecule has 29 heavy (non-hydrogen) atoms. The molecular formula is C21H23ClFN3O3. The predicted octanol–water partition coefficient (Wildman–Crippen LogP) is 3.85. The highest BCUT2D eigenvalue weighted by atomic mass is 35.5. The van der Waals surface area contributed by atoms with Gasteiger partial charge in [0.1, 0.15) is 11.9 Å². The van der Waals surface area contributed by atoms with Gasteiger partial charge in [0, 0.05) is 31.2 Å². The number of amides is 2. The molecule has 3 rings (SSSR count). The lowest BCUT2D eigenvalue weighted by atomic mass is 10.0. The minimum atomic E-state index is -0.599. The third kappa shape index (κ3) is 5.05. The lowest BCUT2D eigenvalue weighted by molar-refractivity contribution is -0.148. The minimum absolute atomic E-state index is 0.148. The molecule has 1 aliphatic rings. The van der Waals surface area contributed by atoms with E-state index in [2.05, 4.69) is 5.32 Å². The summed E-state index contributed by atoms with van der Waals surface area (Å²) in [5.74, 6) is -0.851. The van der Waals surface area contributed by atoms with Crippen LogP contribution < -0.4 is 5.32 Å². The fourth-order valence-electron chi connectivity index (χ4n) is 3.38. The van der Waals surface area contributed by atoms with Gasteiger partial charge in [0.25, 0.3) is 0 Å². The molecule has 8 heteroatoms. The van der Waals surface area contributed by atoms with E-state index in [9.17, 15) is 14.0 Å². The van der Waals surface area contributed by atoms with E-state index in [1.807, 2.05) is 11.0 Å².